The van der Waals surface area contributed by atoms with Crippen LogP contribution in [0.4, 0.5) is 8.78 Å². The number of benzene rings is 1. The molecule has 0 saturated heterocycles. The SMILES string of the molecule is CC(C)(C=O)n1cc(F)c(-c2ccccc2F)n1. The summed E-state index contributed by atoms with van der Waals surface area (Å²) in [5.41, 5.74) is -0.983. The van der Waals surface area contributed by atoms with Gasteiger partial charge in [-0.05, 0) is 26.0 Å². The standard InChI is InChI=1S/C13H12F2N2O/c1-13(2,8-18)17-7-11(15)12(16-17)9-5-3-4-6-10(9)14/h3-8H,1-2H3. The van der Waals surface area contributed by atoms with Crippen molar-refractivity contribution < 1.29 is 13.6 Å². The molecule has 0 amide bonds. The largest absolute Gasteiger partial charge is 0.301 e. The van der Waals surface area contributed by atoms with Crippen LogP contribution in [0.15, 0.2) is 30.5 Å². The van der Waals surface area contributed by atoms with Crippen molar-refractivity contribution in [2.75, 3.05) is 0 Å². The van der Waals surface area contributed by atoms with Gasteiger partial charge in [-0.1, -0.05) is 12.1 Å². The van der Waals surface area contributed by atoms with E-state index < -0.39 is 17.2 Å². The van der Waals surface area contributed by atoms with Crippen molar-refractivity contribution in [1.82, 2.24) is 9.78 Å². The first-order valence-corrected chi connectivity index (χ1v) is 5.42. The van der Waals surface area contributed by atoms with Gasteiger partial charge in [-0.2, -0.15) is 5.10 Å². The van der Waals surface area contributed by atoms with Crippen LogP contribution in [0.25, 0.3) is 11.3 Å². The lowest BCUT2D eigenvalue weighted by molar-refractivity contribution is -0.114. The van der Waals surface area contributed by atoms with E-state index in [-0.39, 0.29) is 11.3 Å². The first kappa shape index (κ1) is 12.4. The molecule has 5 heteroatoms. The number of aromatic nitrogens is 2. The lowest BCUT2D eigenvalue weighted by atomic mass is 10.1. The summed E-state index contributed by atoms with van der Waals surface area (Å²) in [6, 6.07) is 5.79. The van der Waals surface area contributed by atoms with E-state index in [4.69, 9.17) is 0 Å². The fraction of sp³-hybridized carbons (Fsp3) is 0.231. The minimum Gasteiger partial charge on any atom is -0.301 e. The van der Waals surface area contributed by atoms with Crippen LogP contribution in [0.2, 0.25) is 0 Å². The number of halogens is 2. The number of rotatable bonds is 3. The third-order valence-electron chi connectivity index (χ3n) is 2.68. The number of hydrogen-bond donors (Lipinski definition) is 0. The van der Waals surface area contributed by atoms with Crippen LogP contribution in [0.1, 0.15) is 13.8 Å². The van der Waals surface area contributed by atoms with Gasteiger partial charge in [-0.25, -0.2) is 8.78 Å². The summed E-state index contributed by atoms with van der Waals surface area (Å²) in [7, 11) is 0. The van der Waals surface area contributed by atoms with Gasteiger partial charge < -0.3 is 4.79 Å². The van der Waals surface area contributed by atoms with Gasteiger partial charge in [0.2, 0.25) is 0 Å². The fourth-order valence-electron chi connectivity index (χ4n) is 1.54. The van der Waals surface area contributed by atoms with Crippen molar-refractivity contribution in [2.24, 2.45) is 0 Å². The van der Waals surface area contributed by atoms with E-state index in [9.17, 15) is 13.6 Å². The predicted molar refractivity (Wildman–Crippen MR) is 63.0 cm³/mol. The molecule has 18 heavy (non-hydrogen) atoms. The summed E-state index contributed by atoms with van der Waals surface area (Å²) < 4.78 is 28.5. The Hall–Kier alpha value is -2.04. The lowest BCUT2D eigenvalue weighted by Crippen LogP contribution is -2.28. The lowest BCUT2D eigenvalue weighted by Gasteiger charge is -2.16. The van der Waals surface area contributed by atoms with E-state index in [1.807, 2.05) is 0 Å². The average Bonchev–Trinajstić information content (AvgIpc) is 2.73. The van der Waals surface area contributed by atoms with Gasteiger partial charge in [0.05, 0.1) is 6.20 Å². The molecule has 0 spiro atoms. The number of hydrogen-bond acceptors (Lipinski definition) is 2. The van der Waals surface area contributed by atoms with Gasteiger partial charge in [0.1, 0.15) is 23.3 Å². The highest BCUT2D eigenvalue weighted by molar-refractivity contribution is 5.63. The molecule has 0 aliphatic heterocycles. The Morgan fingerprint density at radius 2 is 1.89 bits per heavy atom. The van der Waals surface area contributed by atoms with E-state index in [1.54, 1.807) is 19.9 Å². The molecule has 0 N–H and O–H groups in total. The topological polar surface area (TPSA) is 34.9 Å². The van der Waals surface area contributed by atoms with Crippen LogP contribution in [-0.4, -0.2) is 16.1 Å². The fourth-order valence-corrected chi connectivity index (χ4v) is 1.54. The molecular formula is C13H12F2N2O. The maximum Gasteiger partial charge on any atom is 0.169 e. The second kappa shape index (κ2) is 4.33. The van der Waals surface area contributed by atoms with Gasteiger partial charge in [0, 0.05) is 5.56 Å². The molecule has 0 unspecified atom stereocenters. The Morgan fingerprint density at radius 3 is 2.50 bits per heavy atom. The molecule has 0 atom stereocenters. The molecule has 0 aliphatic carbocycles. The highest BCUT2D eigenvalue weighted by Gasteiger charge is 2.24. The maximum absolute atomic E-state index is 13.8. The number of carbonyl (C=O) groups excluding carboxylic acids is 1. The molecule has 1 aromatic carbocycles. The second-order valence-electron chi connectivity index (χ2n) is 4.52. The molecule has 94 valence electrons. The Bertz CT molecular complexity index is 590. The van der Waals surface area contributed by atoms with E-state index in [2.05, 4.69) is 5.10 Å². The van der Waals surface area contributed by atoms with Crippen LogP contribution in [0.5, 0.6) is 0 Å². The normalized spacial score (nSPS) is 11.6. The van der Waals surface area contributed by atoms with Crippen LogP contribution in [0, 0.1) is 11.6 Å². The van der Waals surface area contributed by atoms with Gasteiger partial charge in [-0.3, -0.25) is 4.68 Å². The zero-order valence-corrected chi connectivity index (χ0v) is 10.0. The van der Waals surface area contributed by atoms with Crippen LogP contribution in [-0.2, 0) is 10.3 Å². The van der Waals surface area contributed by atoms with Crippen LogP contribution in [0.3, 0.4) is 0 Å². The molecule has 2 aromatic rings. The summed E-state index contributed by atoms with van der Waals surface area (Å²) in [4.78, 5) is 10.9. The summed E-state index contributed by atoms with van der Waals surface area (Å²) in [5.74, 6) is -1.21. The van der Waals surface area contributed by atoms with Crippen molar-refractivity contribution in [3.8, 4) is 11.3 Å². The zero-order chi connectivity index (χ0) is 13.3. The molecule has 0 fully saturated rings. The minimum atomic E-state index is -0.968. The number of nitrogens with zero attached hydrogens (tertiary/aromatic N) is 2. The molecule has 0 saturated carbocycles. The highest BCUT2D eigenvalue weighted by Crippen LogP contribution is 2.25. The van der Waals surface area contributed by atoms with Crippen LogP contribution >= 0.6 is 0 Å². The number of aldehydes is 1. The minimum absolute atomic E-state index is 0.0791. The predicted octanol–water partition coefficient (Wildman–Crippen LogP) is 2.76. The molecule has 0 aliphatic rings. The summed E-state index contributed by atoms with van der Waals surface area (Å²) in [5, 5.41) is 3.95. The summed E-state index contributed by atoms with van der Waals surface area (Å²) >= 11 is 0. The highest BCUT2D eigenvalue weighted by atomic mass is 19.1. The number of carbonyl (C=O) groups is 1. The van der Waals surface area contributed by atoms with Gasteiger partial charge in [0.15, 0.2) is 5.82 Å². The van der Waals surface area contributed by atoms with Crippen molar-refractivity contribution in [3.05, 3.63) is 42.1 Å². The second-order valence-corrected chi connectivity index (χ2v) is 4.52. The molecule has 0 bridgehead atoms. The third kappa shape index (κ3) is 2.03. The van der Waals surface area contributed by atoms with Crippen LogP contribution < -0.4 is 0 Å². The van der Waals surface area contributed by atoms with Gasteiger partial charge >= 0.3 is 0 Å². The van der Waals surface area contributed by atoms with E-state index in [0.29, 0.717) is 6.29 Å². The summed E-state index contributed by atoms with van der Waals surface area (Å²) in [6.45, 7) is 3.19. The molecule has 1 heterocycles. The zero-order valence-electron chi connectivity index (χ0n) is 10.0. The van der Waals surface area contributed by atoms with E-state index in [1.165, 1.54) is 22.9 Å². The Labute approximate surface area is 103 Å². The van der Waals surface area contributed by atoms with E-state index in [0.717, 1.165) is 6.20 Å². The molecule has 2 rings (SSSR count). The Balaban J connectivity index is 2.55. The summed E-state index contributed by atoms with van der Waals surface area (Å²) in [6.07, 6.45) is 1.75. The van der Waals surface area contributed by atoms with Gasteiger partial charge in [-0.15, -0.1) is 0 Å². The molecule has 3 nitrogen and oxygen atoms in total. The van der Waals surface area contributed by atoms with Gasteiger partial charge in [0.25, 0.3) is 0 Å². The third-order valence-corrected chi connectivity index (χ3v) is 2.68. The van der Waals surface area contributed by atoms with Crippen molar-refractivity contribution in [3.63, 3.8) is 0 Å². The van der Waals surface area contributed by atoms with Crippen molar-refractivity contribution in [1.29, 1.82) is 0 Å². The Morgan fingerprint density at radius 1 is 1.22 bits per heavy atom. The van der Waals surface area contributed by atoms with E-state index >= 15 is 0 Å². The Kier molecular flexibility index (Phi) is 2.98. The maximum atomic E-state index is 13.8. The smallest absolute Gasteiger partial charge is 0.169 e. The average molecular weight is 250 g/mol. The monoisotopic (exact) mass is 250 g/mol. The van der Waals surface area contributed by atoms with Crippen molar-refractivity contribution in [2.45, 2.75) is 19.4 Å². The molecular weight excluding hydrogens is 238 g/mol. The quantitative estimate of drug-likeness (QED) is 0.785. The first-order chi connectivity index (χ1) is 8.45. The molecule has 0 radical (unpaired) electrons. The molecule has 1 aromatic heterocycles. The van der Waals surface area contributed by atoms with Crippen molar-refractivity contribution >= 4 is 6.29 Å². The first-order valence-electron chi connectivity index (χ1n) is 5.42.